The summed E-state index contributed by atoms with van der Waals surface area (Å²) in [5.41, 5.74) is 2.60. The minimum Gasteiger partial charge on any atom is -0.347 e. The van der Waals surface area contributed by atoms with E-state index in [-0.39, 0.29) is 11.7 Å². The van der Waals surface area contributed by atoms with Gasteiger partial charge in [-0.2, -0.15) is 5.10 Å². The van der Waals surface area contributed by atoms with E-state index in [0.717, 1.165) is 5.82 Å². The highest BCUT2D eigenvalue weighted by Gasteiger charge is 2.36. The van der Waals surface area contributed by atoms with Gasteiger partial charge >= 0.3 is 0 Å². The molecule has 1 atom stereocenters. The molecule has 24 heavy (non-hydrogen) atoms. The Kier molecular flexibility index (Phi) is 4.16. The van der Waals surface area contributed by atoms with Gasteiger partial charge in [0.1, 0.15) is 6.17 Å². The lowest BCUT2D eigenvalue weighted by Gasteiger charge is -2.42. The van der Waals surface area contributed by atoms with Crippen LogP contribution in [0.4, 0.5) is 5.82 Å². The quantitative estimate of drug-likeness (QED) is 0.818. The molecule has 0 fully saturated rings. The molecule has 0 saturated carbocycles. The lowest BCUT2D eigenvalue weighted by atomic mass is 9.88. The molecule has 4 heteroatoms. The van der Waals surface area contributed by atoms with Crippen LogP contribution in [0.25, 0.3) is 0 Å². The average molecular weight is 324 g/mol. The van der Waals surface area contributed by atoms with Crippen LogP contribution in [0.1, 0.15) is 51.8 Å². The lowest BCUT2D eigenvalue weighted by Crippen LogP contribution is -2.46. The van der Waals surface area contributed by atoms with E-state index in [9.17, 15) is 0 Å². The van der Waals surface area contributed by atoms with Crippen LogP contribution in [-0.2, 0) is 5.54 Å². The fraction of sp³-hybridized carbons (Fsp3) is 0.450. The summed E-state index contributed by atoms with van der Waals surface area (Å²) in [6.07, 6.45) is 6.59. The van der Waals surface area contributed by atoms with Gasteiger partial charge in [0.05, 0.1) is 5.54 Å². The fourth-order valence-electron chi connectivity index (χ4n) is 3.60. The first kappa shape index (κ1) is 16.6. The monoisotopic (exact) mass is 324 g/mol. The van der Waals surface area contributed by atoms with Crippen molar-refractivity contribution in [1.29, 1.82) is 0 Å². The van der Waals surface area contributed by atoms with Crippen molar-refractivity contribution in [1.82, 2.24) is 14.7 Å². The molecule has 0 spiro atoms. The highest BCUT2D eigenvalue weighted by atomic mass is 15.5. The van der Waals surface area contributed by atoms with Gasteiger partial charge in [-0.3, -0.25) is 4.68 Å². The lowest BCUT2D eigenvalue weighted by molar-refractivity contribution is 0.152. The van der Waals surface area contributed by atoms with Crippen LogP contribution in [0.2, 0.25) is 0 Å². The summed E-state index contributed by atoms with van der Waals surface area (Å²) in [4.78, 5) is 4.64. The van der Waals surface area contributed by atoms with E-state index in [4.69, 9.17) is 5.10 Å². The van der Waals surface area contributed by atoms with Crippen LogP contribution in [0.5, 0.6) is 0 Å². The van der Waals surface area contributed by atoms with E-state index < -0.39 is 0 Å². The molecular formula is C20H28N4. The zero-order valence-corrected chi connectivity index (χ0v) is 15.6. The third kappa shape index (κ3) is 2.70. The molecule has 0 bridgehead atoms. The van der Waals surface area contributed by atoms with Gasteiger partial charge in [0, 0.05) is 30.7 Å². The Hall–Kier alpha value is -2.23. The van der Waals surface area contributed by atoms with E-state index in [1.165, 1.54) is 11.1 Å². The van der Waals surface area contributed by atoms with Crippen LogP contribution in [0.15, 0.2) is 48.9 Å². The Morgan fingerprint density at radius 3 is 2.42 bits per heavy atom. The van der Waals surface area contributed by atoms with Gasteiger partial charge in [-0.15, -0.1) is 0 Å². The Morgan fingerprint density at radius 2 is 1.79 bits per heavy atom. The van der Waals surface area contributed by atoms with E-state index in [1.54, 1.807) is 0 Å². The van der Waals surface area contributed by atoms with Crippen molar-refractivity contribution in [3.8, 4) is 0 Å². The second-order valence-electron chi connectivity index (χ2n) is 7.37. The van der Waals surface area contributed by atoms with Crippen molar-refractivity contribution >= 4 is 5.82 Å². The number of aryl methyl sites for hydroxylation is 1. The van der Waals surface area contributed by atoms with E-state index >= 15 is 0 Å². The Bertz CT molecular complexity index is 742. The fourth-order valence-corrected chi connectivity index (χ4v) is 3.60. The minimum absolute atomic E-state index is 0.0867. The van der Waals surface area contributed by atoms with Gasteiger partial charge in [0.2, 0.25) is 0 Å². The third-order valence-electron chi connectivity index (χ3n) is 5.03. The molecule has 0 amide bonds. The SMILES string of the molecule is Cc1ccccc1C(C)(C)N1C=CN(c2ccn(C(C)C)n2)C1C. The van der Waals surface area contributed by atoms with Crippen molar-refractivity contribution in [2.24, 2.45) is 0 Å². The molecule has 1 aliphatic rings. The molecular weight excluding hydrogens is 296 g/mol. The first-order valence-electron chi connectivity index (χ1n) is 8.68. The predicted octanol–water partition coefficient (Wildman–Crippen LogP) is 4.65. The summed E-state index contributed by atoms with van der Waals surface area (Å²) in [6.45, 7) is 13.3. The number of hydrogen-bond donors (Lipinski definition) is 0. The second kappa shape index (κ2) is 6.00. The van der Waals surface area contributed by atoms with Gasteiger partial charge in [0.15, 0.2) is 5.82 Å². The molecule has 0 aliphatic carbocycles. The summed E-state index contributed by atoms with van der Waals surface area (Å²) in [7, 11) is 0. The predicted molar refractivity (Wildman–Crippen MR) is 99.7 cm³/mol. The Labute approximate surface area is 145 Å². The maximum atomic E-state index is 4.71. The van der Waals surface area contributed by atoms with Gasteiger partial charge in [0.25, 0.3) is 0 Å². The molecule has 1 aromatic carbocycles. The van der Waals surface area contributed by atoms with Gasteiger partial charge < -0.3 is 9.80 Å². The minimum atomic E-state index is -0.0867. The topological polar surface area (TPSA) is 24.3 Å². The van der Waals surface area contributed by atoms with Crippen LogP contribution in [0.3, 0.4) is 0 Å². The van der Waals surface area contributed by atoms with Gasteiger partial charge in [-0.1, -0.05) is 24.3 Å². The van der Waals surface area contributed by atoms with Crippen molar-refractivity contribution in [2.75, 3.05) is 4.90 Å². The molecule has 2 aromatic rings. The molecule has 0 radical (unpaired) electrons. The van der Waals surface area contributed by atoms with Crippen molar-refractivity contribution in [2.45, 2.75) is 59.3 Å². The summed E-state index contributed by atoms with van der Waals surface area (Å²) >= 11 is 0. The first-order chi connectivity index (χ1) is 11.3. The zero-order valence-electron chi connectivity index (χ0n) is 15.6. The summed E-state index contributed by atoms with van der Waals surface area (Å²) < 4.78 is 2.01. The number of aromatic nitrogens is 2. The first-order valence-corrected chi connectivity index (χ1v) is 8.68. The summed E-state index contributed by atoms with van der Waals surface area (Å²) in [6, 6.07) is 11.1. The molecule has 2 heterocycles. The highest BCUT2D eigenvalue weighted by Crippen LogP contribution is 2.36. The Balaban J connectivity index is 1.87. The van der Waals surface area contributed by atoms with Crippen molar-refractivity contribution in [3.05, 3.63) is 60.1 Å². The number of nitrogens with zero attached hydrogens (tertiary/aromatic N) is 4. The molecule has 3 rings (SSSR count). The van der Waals surface area contributed by atoms with E-state index in [1.807, 2.05) is 4.68 Å². The molecule has 0 saturated heterocycles. The highest BCUT2D eigenvalue weighted by molar-refractivity contribution is 5.45. The maximum Gasteiger partial charge on any atom is 0.156 e. The van der Waals surface area contributed by atoms with E-state index in [0.29, 0.717) is 6.04 Å². The summed E-state index contributed by atoms with van der Waals surface area (Å²) in [5.74, 6) is 0.996. The zero-order chi connectivity index (χ0) is 17.5. The van der Waals surface area contributed by atoms with Crippen molar-refractivity contribution in [3.63, 3.8) is 0 Å². The van der Waals surface area contributed by atoms with Gasteiger partial charge in [-0.05, 0) is 52.7 Å². The number of rotatable bonds is 4. The molecule has 4 nitrogen and oxygen atoms in total. The molecule has 1 aromatic heterocycles. The largest absolute Gasteiger partial charge is 0.347 e. The van der Waals surface area contributed by atoms with Crippen LogP contribution >= 0.6 is 0 Å². The Morgan fingerprint density at radius 1 is 1.08 bits per heavy atom. The van der Waals surface area contributed by atoms with Crippen molar-refractivity contribution < 1.29 is 0 Å². The molecule has 1 aliphatic heterocycles. The number of anilines is 1. The van der Waals surface area contributed by atoms with Crippen LogP contribution in [0, 0.1) is 6.92 Å². The van der Waals surface area contributed by atoms with Crippen LogP contribution < -0.4 is 4.90 Å². The standard InChI is InChI=1S/C20H28N4/c1-15(2)24-12-11-19(21-24)22-13-14-23(17(22)4)20(5,6)18-10-8-7-9-16(18)3/h7-15,17H,1-6H3. The smallest absolute Gasteiger partial charge is 0.156 e. The average Bonchev–Trinajstić information content (AvgIpc) is 3.14. The summed E-state index contributed by atoms with van der Waals surface area (Å²) in [5, 5.41) is 4.71. The molecule has 1 unspecified atom stereocenters. The third-order valence-corrected chi connectivity index (χ3v) is 5.03. The number of benzene rings is 1. The normalized spacial score (nSPS) is 18.0. The van der Waals surface area contributed by atoms with Crippen LogP contribution in [-0.4, -0.2) is 20.8 Å². The maximum absolute atomic E-state index is 4.71. The van der Waals surface area contributed by atoms with E-state index in [2.05, 4.69) is 100 Å². The second-order valence-corrected chi connectivity index (χ2v) is 7.37. The molecule has 0 N–H and O–H groups in total. The molecule has 128 valence electrons. The van der Waals surface area contributed by atoms with Gasteiger partial charge in [-0.25, -0.2) is 0 Å². The number of hydrogen-bond acceptors (Lipinski definition) is 3.